The van der Waals surface area contributed by atoms with Crippen LogP contribution in [0.5, 0.6) is 11.5 Å². The highest BCUT2D eigenvalue weighted by molar-refractivity contribution is 9.10. The second-order valence-corrected chi connectivity index (χ2v) is 6.42. The SMILES string of the molecule is COc1ccc(C(=O)[C@H](C)Oc2ccc3cc(Br)ccc3c2)cc1. The molecule has 24 heavy (non-hydrogen) atoms. The number of Topliss-reactive ketones (excluding diaryl/α,β-unsaturated/α-hetero) is 1. The number of ketones is 1. The molecule has 0 radical (unpaired) electrons. The molecular formula is C20H17BrO3. The van der Waals surface area contributed by atoms with E-state index in [-0.39, 0.29) is 5.78 Å². The van der Waals surface area contributed by atoms with Gasteiger partial charge in [0.2, 0.25) is 5.78 Å². The molecule has 3 aromatic carbocycles. The summed E-state index contributed by atoms with van der Waals surface area (Å²) in [6, 6.07) is 18.9. The largest absolute Gasteiger partial charge is 0.497 e. The van der Waals surface area contributed by atoms with Crippen molar-refractivity contribution in [2.75, 3.05) is 7.11 Å². The predicted molar refractivity (Wildman–Crippen MR) is 99.1 cm³/mol. The molecular weight excluding hydrogens is 368 g/mol. The van der Waals surface area contributed by atoms with Gasteiger partial charge in [-0.15, -0.1) is 0 Å². The van der Waals surface area contributed by atoms with E-state index in [1.807, 2.05) is 36.4 Å². The van der Waals surface area contributed by atoms with Crippen LogP contribution in [0.25, 0.3) is 10.8 Å². The van der Waals surface area contributed by atoms with Crippen molar-refractivity contribution in [3.63, 3.8) is 0 Å². The second kappa shape index (κ2) is 7.05. The van der Waals surface area contributed by atoms with Gasteiger partial charge in [-0.3, -0.25) is 4.79 Å². The van der Waals surface area contributed by atoms with Gasteiger partial charge in [-0.25, -0.2) is 0 Å². The Hall–Kier alpha value is -2.33. The predicted octanol–water partition coefficient (Wildman–Crippen LogP) is 5.26. The van der Waals surface area contributed by atoms with Gasteiger partial charge in [-0.05, 0) is 66.2 Å². The fourth-order valence-corrected chi connectivity index (χ4v) is 2.89. The van der Waals surface area contributed by atoms with Crippen LogP contribution in [0.1, 0.15) is 17.3 Å². The van der Waals surface area contributed by atoms with Crippen molar-refractivity contribution in [1.82, 2.24) is 0 Å². The van der Waals surface area contributed by atoms with Gasteiger partial charge in [0.1, 0.15) is 11.5 Å². The Labute approximate surface area is 149 Å². The van der Waals surface area contributed by atoms with Crippen LogP contribution in [0.2, 0.25) is 0 Å². The maximum absolute atomic E-state index is 12.5. The molecule has 0 saturated heterocycles. The third-order valence-corrected chi connectivity index (χ3v) is 4.32. The van der Waals surface area contributed by atoms with E-state index >= 15 is 0 Å². The Morgan fingerprint density at radius 1 is 0.917 bits per heavy atom. The van der Waals surface area contributed by atoms with Gasteiger partial charge in [0, 0.05) is 10.0 Å². The third-order valence-electron chi connectivity index (χ3n) is 3.83. The number of hydrogen-bond acceptors (Lipinski definition) is 3. The summed E-state index contributed by atoms with van der Waals surface area (Å²) in [6.45, 7) is 1.76. The van der Waals surface area contributed by atoms with Crippen LogP contribution in [0.3, 0.4) is 0 Å². The molecule has 0 aromatic heterocycles. The van der Waals surface area contributed by atoms with E-state index in [0.717, 1.165) is 21.0 Å². The first kappa shape index (κ1) is 16.5. The van der Waals surface area contributed by atoms with E-state index in [0.29, 0.717) is 11.3 Å². The van der Waals surface area contributed by atoms with E-state index in [1.165, 1.54) is 0 Å². The van der Waals surface area contributed by atoms with E-state index in [9.17, 15) is 4.79 Å². The molecule has 0 amide bonds. The van der Waals surface area contributed by atoms with E-state index in [4.69, 9.17) is 9.47 Å². The molecule has 0 saturated carbocycles. The minimum Gasteiger partial charge on any atom is -0.497 e. The minimum atomic E-state index is -0.564. The highest BCUT2D eigenvalue weighted by Gasteiger charge is 2.17. The first-order valence-electron chi connectivity index (χ1n) is 7.61. The van der Waals surface area contributed by atoms with Gasteiger partial charge in [-0.2, -0.15) is 0 Å². The number of fused-ring (bicyclic) bond motifs is 1. The topological polar surface area (TPSA) is 35.5 Å². The fourth-order valence-electron chi connectivity index (χ4n) is 2.52. The van der Waals surface area contributed by atoms with Crippen LogP contribution >= 0.6 is 15.9 Å². The number of carbonyl (C=O) groups is 1. The molecule has 0 spiro atoms. The van der Waals surface area contributed by atoms with E-state index in [2.05, 4.69) is 15.9 Å². The molecule has 0 N–H and O–H groups in total. The molecule has 3 aromatic rings. The molecule has 0 aliphatic heterocycles. The molecule has 0 aliphatic carbocycles. The van der Waals surface area contributed by atoms with Crippen LogP contribution in [0, 0.1) is 0 Å². The highest BCUT2D eigenvalue weighted by Crippen LogP contribution is 2.25. The average molecular weight is 385 g/mol. The molecule has 0 unspecified atom stereocenters. The van der Waals surface area contributed by atoms with E-state index in [1.54, 1.807) is 38.3 Å². The Balaban J connectivity index is 1.76. The fraction of sp³-hybridized carbons (Fsp3) is 0.150. The van der Waals surface area contributed by atoms with Crippen molar-refractivity contribution in [2.45, 2.75) is 13.0 Å². The van der Waals surface area contributed by atoms with Gasteiger partial charge in [0.15, 0.2) is 6.10 Å². The first-order valence-corrected chi connectivity index (χ1v) is 8.40. The van der Waals surface area contributed by atoms with Crippen molar-refractivity contribution in [1.29, 1.82) is 0 Å². The standard InChI is InChI=1S/C20H17BrO3/c1-13(20(22)14-4-8-18(23-2)9-5-14)24-19-10-6-15-11-17(21)7-3-16(15)12-19/h3-13H,1-2H3/t13-/m0/s1. The van der Waals surface area contributed by atoms with Gasteiger partial charge in [0.05, 0.1) is 7.11 Å². The number of halogens is 1. The Morgan fingerprint density at radius 3 is 2.25 bits per heavy atom. The lowest BCUT2D eigenvalue weighted by molar-refractivity contribution is 0.0818. The summed E-state index contributed by atoms with van der Waals surface area (Å²) in [5.74, 6) is 1.34. The van der Waals surface area contributed by atoms with Gasteiger partial charge < -0.3 is 9.47 Å². The third kappa shape index (κ3) is 3.60. The van der Waals surface area contributed by atoms with Gasteiger partial charge >= 0.3 is 0 Å². The number of benzene rings is 3. The zero-order chi connectivity index (χ0) is 17.1. The normalized spacial score (nSPS) is 12.0. The van der Waals surface area contributed by atoms with Crippen LogP contribution in [0.15, 0.2) is 65.1 Å². The Kier molecular flexibility index (Phi) is 4.86. The van der Waals surface area contributed by atoms with Crippen LogP contribution in [-0.2, 0) is 0 Å². The monoisotopic (exact) mass is 384 g/mol. The van der Waals surface area contributed by atoms with Crippen molar-refractivity contribution < 1.29 is 14.3 Å². The van der Waals surface area contributed by atoms with Crippen molar-refractivity contribution >= 4 is 32.5 Å². The molecule has 0 fully saturated rings. The number of rotatable bonds is 5. The second-order valence-electron chi connectivity index (χ2n) is 5.51. The number of methoxy groups -OCH3 is 1. The quantitative estimate of drug-likeness (QED) is 0.562. The molecule has 0 aliphatic rings. The molecule has 0 bridgehead atoms. The molecule has 3 rings (SSSR count). The summed E-state index contributed by atoms with van der Waals surface area (Å²) in [5, 5.41) is 2.19. The summed E-state index contributed by atoms with van der Waals surface area (Å²) < 4.78 is 12.0. The number of hydrogen-bond donors (Lipinski definition) is 0. The van der Waals surface area contributed by atoms with Gasteiger partial charge in [0.25, 0.3) is 0 Å². The maximum atomic E-state index is 12.5. The number of ether oxygens (including phenoxy) is 2. The lowest BCUT2D eigenvalue weighted by Gasteiger charge is -2.14. The molecule has 1 atom stereocenters. The molecule has 3 nitrogen and oxygen atoms in total. The first-order chi connectivity index (χ1) is 11.6. The Bertz CT molecular complexity index is 872. The smallest absolute Gasteiger partial charge is 0.202 e. The zero-order valence-electron chi connectivity index (χ0n) is 13.5. The highest BCUT2D eigenvalue weighted by atomic mass is 79.9. The van der Waals surface area contributed by atoms with Crippen molar-refractivity contribution in [2.24, 2.45) is 0 Å². The summed E-state index contributed by atoms with van der Waals surface area (Å²) >= 11 is 3.46. The van der Waals surface area contributed by atoms with E-state index < -0.39 is 6.10 Å². The summed E-state index contributed by atoms with van der Waals surface area (Å²) in [4.78, 5) is 12.5. The minimum absolute atomic E-state index is 0.0615. The maximum Gasteiger partial charge on any atom is 0.202 e. The van der Waals surface area contributed by atoms with Crippen LogP contribution in [-0.4, -0.2) is 19.0 Å². The van der Waals surface area contributed by atoms with Crippen LogP contribution in [0.4, 0.5) is 0 Å². The molecule has 122 valence electrons. The van der Waals surface area contributed by atoms with Gasteiger partial charge in [-0.1, -0.05) is 28.1 Å². The lowest BCUT2D eigenvalue weighted by atomic mass is 10.1. The summed E-state index contributed by atoms with van der Waals surface area (Å²) in [6.07, 6.45) is -0.564. The summed E-state index contributed by atoms with van der Waals surface area (Å²) in [7, 11) is 1.60. The van der Waals surface area contributed by atoms with Crippen molar-refractivity contribution in [3.8, 4) is 11.5 Å². The lowest BCUT2D eigenvalue weighted by Crippen LogP contribution is -2.23. The average Bonchev–Trinajstić information content (AvgIpc) is 2.61. The summed E-state index contributed by atoms with van der Waals surface area (Å²) in [5.41, 5.74) is 0.605. The Morgan fingerprint density at radius 2 is 1.54 bits per heavy atom. The van der Waals surface area contributed by atoms with Crippen molar-refractivity contribution in [3.05, 3.63) is 70.7 Å². The molecule has 0 heterocycles. The number of carbonyl (C=O) groups excluding carboxylic acids is 1. The molecule has 4 heteroatoms. The van der Waals surface area contributed by atoms with Crippen LogP contribution < -0.4 is 9.47 Å². The zero-order valence-corrected chi connectivity index (χ0v) is 15.0.